The minimum Gasteiger partial charge on any atom is -0.319 e. The number of likely N-dealkylation sites (N-methyl/N-ethyl adjacent to an activating group) is 1. The molecule has 0 aliphatic heterocycles. The highest BCUT2D eigenvalue weighted by molar-refractivity contribution is 9.10. The Morgan fingerprint density at radius 2 is 2.05 bits per heavy atom. The SMILES string of the molecule is CNCCc1ccc(S(=O)(=O)Nc2ccc(Br)c(F)c2)s1. The van der Waals surface area contributed by atoms with E-state index in [4.69, 9.17) is 0 Å². The fourth-order valence-electron chi connectivity index (χ4n) is 1.65. The Balaban J connectivity index is 2.17. The van der Waals surface area contributed by atoms with Gasteiger partial charge in [-0.1, -0.05) is 0 Å². The summed E-state index contributed by atoms with van der Waals surface area (Å²) in [6.07, 6.45) is 0.767. The van der Waals surface area contributed by atoms with Gasteiger partial charge in [0.1, 0.15) is 10.0 Å². The number of sulfonamides is 1. The molecule has 0 unspecified atom stereocenters. The first-order valence-corrected chi connectivity index (χ1v) is 9.23. The van der Waals surface area contributed by atoms with Crippen molar-refractivity contribution in [1.82, 2.24) is 5.32 Å². The van der Waals surface area contributed by atoms with Gasteiger partial charge >= 0.3 is 0 Å². The Morgan fingerprint density at radius 3 is 2.71 bits per heavy atom. The number of rotatable bonds is 6. The second-order valence-corrected chi connectivity index (χ2v) is 8.24. The molecule has 1 aromatic heterocycles. The molecule has 2 N–H and O–H groups in total. The summed E-state index contributed by atoms with van der Waals surface area (Å²) in [5.41, 5.74) is 0.195. The van der Waals surface area contributed by atoms with Crippen LogP contribution in [0.25, 0.3) is 0 Å². The van der Waals surface area contributed by atoms with Gasteiger partial charge in [-0.2, -0.15) is 0 Å². The van der Waals surface area contributed by atoms with Gasteiger partial charge in [0.15, 0.2) is 0 Å². The summed E-state index contributed by atoms with van der Waals surface area (Å²) < 4.78 is 40.8. The highest BCUT2D eigenvalue weighted by atomic mass is 79.9. The smallest absolute Gasteiger partial charge is 0.271 e. The number of nitrogens with one attached hydrogen (secondary N) is 2. The van der Waals surface area contributed by atoms with Crippen LogP contribution in [0, 0.1) is 5.82 Å². The van der Waals surface area contributed by atoms with Crippen molar-refractivity contribution in [1.29, 1.82) is 0 Å². The number of hydrogen-bond donors (Lipinski definition) is 2. The molecule has 0 saturated heterocycles. The van der Waals surface area contributed by atoms with Crippen molar-refractivity contribution in [3.05, 3.63) is 45.5 Å². The van der Waals surface area contributed by atoms with E-state index in [0.29, 0.717) is 0 Å². The molecule has 0 bridgehead atoms. The van der Waals surface area contributed by atoms with Crippen LogP contribution in [0.15, 0.2) is 39.0 Å². The molecule has 0 aliphatic carbocycles. The van der Waals surface area contributed by atoms with Crippen molar-refractivity contribution in [2.75, 3.05) is 18.3 Å². The van der Waals surface area contributed by atoms with E-state index in [9.17, 15) is 12.8 Å². The highest BCUT2D eigenvalue weighted by Gasteiger charge is 2.17. The number of benzene rings is 1. The standard InChI is InChI=1S/C13H14BrFN2O2S2/c1-16-7-6-10-3-5-13(20-10)21(18,19)17-9-2-4-11(14)12(15)8-9/h2-5,8,16-17H,6-7H2,1H3. The normalized spacial score (nSPS) is 11.6. The summed E-state index contributed by atoms with van der Waals surface area (Å²) in [7, 11) is -1.84. The largest absolute Gasteiger partial charge is 0.319 e. The number of halogens is 2. The van der Waals surface area contributed by atoms with E-state index in [-0.39, 0.29) is 14.4 Å². The average Bonchev–Trinajstić information content (AvgIpc) is 2.90. The van der Waals surface area contributed by atoms with Crippen molar-refractivity contribution in [3.63, 3.8) is 0 Å². The lowest BCUT2D eigenvalue weighted by Crippen LogP contribution is -2.11. The molecule has 0 spiro atoms. The molecule has 0 amide bonds. The zero-order valence-electron chi connectivity index (χ0n) is 11.2. The number of hydrogen-bond acceptors (Lipinski definition) is 4. The van der Waals surface area contributed by atoms with E-state index >= 15 is 0 Å². The molecule has 0 atom stereocenters. The minimum absolute atomic E-state index is 0.195. The van der Waals surface area contributed by atoms with Gasteiger partial charge in [0.05, 0.1) is 10.2 Å². The monoisotopic (exact) mass is 392 g/mol. The van der Waals surface area contributed by atoms with Crippen LogP contribution in [0.1, 0.15) is 4.88 Å². The van der Waals surface area contributed by atoms with E-state index in [2.05, 4.69) is 26.0 Å². The Bertz CT molecular complexity index is 732. The summed E-state index contributed by atoms with van der Waals surface area (Å²) in [5.74, 6) is -0.518. The van der Waals surface area contributed by atoms with Crippen LogP contribution in [0.4, 0.5) is 10.1 Å². The molecule has 0 radical (unpaired) electrons. The second-order valence-electron chi connectivity index (χ2n) is 4.31. The van der Waals surface area contributed by atoms with Gasteiger partial charge in [-0.25, -0.2) is 12.8 Å². The van der Waals surface area contributed by atoms with Gasteiger partial charge in [-0.15, -0.1) is 11.3 Å². The molecule has 1 heterocycles. The van der Waals surface area contributed by atoms with Crippen LogP contribution in [-0.4, -0.2) is 22.0 Å². The van der Waals surface area contributed by atoms with Crippen LogP contribution >= 0.6 is 27.3 Å². The van der Waals surface area contributed by atoms with Crippen molar-refractivity contribution >= 4 is 43.0 Å². The van der Waals surface area contributed by atoms with E-state index in [1.807, 2.05) is 7.05 Å². The van der Waals surface area contributed by atoms with Crippen molar-refractivity contribution in [3.8, 4) is 0 Å². The van der Waals surface area contributed by atoms with E-state index in [0.717, 1.165) is 23.9 Å². The summed E-state index contributed by atoms with van der Waals surface area (Å²) in [6, 6.07) is 7.45. The molecule has 0 aliphatic rings. The molecular weight excluding hydrogens is 379 g/mol. The predicted octanol–water partition coefficient (Wildman–Crippen LogP) is 3.21. The Morgan fingerprint density at radius 1 is 1.29 bits per heavy atom. The maximum absolute atomic E-state index is 13.4. The van der Waals surface area contributed by atoms with Crippen molar-refractivity contribution in [2.45, 2.75) is 10.6 Å². The molecular formula is C13H14BrFN2O2S2. The molecule has 8 heteroatoms. The first-order chi connectivity index (χ1) is 9.92. The summed E-state index contributed by atoms with van der Waals surface area (Å²) in [5, 5.41) is 3.01. The fourth-order valence-corrected chi connectivity index (χ4v) is 4.30. The lowest BCUT2D eigenvalue weighted by molar-refractivity contribution is 0.603. The first-order valence-electron chi connectivity index (χ1n) is 6.13. The van der Waals surface area contributed by atoms with Crippen molar-refractivity contribution in [2.24, 2.45) is 0 Å². The zero-order chi connectivity index (χ0) is 15.5. The highest BCUT2D eigenvalue weighted by Crippen LogP contribution is 2.26. The summed E-state index contributed by atoms with van der Waals surface area (Å²) >= 11 is 4.24. The Kier molecular flexibility index (Phi) is 5.37. The summed E-state index contributed by atoms with van der Waals surface area (Å²) in [6.45, 7) is 0.783. The van der Waals surface area contributed by atoms with Crippen LogP contribution < -0.4 is 10.0 Å². The van der Waals surface area contributed by atoms with Crippen LogP contribution in [0.3, 0.4) is 0 Å². The lowest BCUT2D eigenvalue weighted by atomic mass is 10.3. The van der Waals surface area contributed by atoms with E-state index in [1.54, 1.807) is 12.1 Å². The van der Waals surface area contributed by atoms with Gasteiger partial charge in [0, 0.05) is 4.88 Å². The number of thiophene rings is 1. The molecule has 114 valence electrons. The first kappa shape index (κ1) is 16.4. The van der Waals surface area contributed by atoms with Crippen LogP contribution in [0.5, 0.6) is 0 Å². The Labute approximate surface area is 135 Å². The van der Waals surface area contributed by atoms with Gasteiger partial charge in [0.2, 0.25) is 0 Å². The molecule has 21 heavy (non-hydrogen) atoms. The van der Waals surface area contributed by atoms with Gasteiger partial charge in [-0.05, 0) is 66.3 Å². The fraction of sp³-hybridized carbons (Fsp3) is 0.231. The van der Waals surface area contributed by atoms with Crippen molar-refractivity contribution < 1.29 is 12.8 Å². The molecule has 1 aromatic carbocycles. The molecule has 2 aromatic rings. The second kappa shape index (κ2) is 6.87. The maximum atomic E-state index is 13.4. The van der Waals surface area contributed by atoms with Gasteiger partial charge < -0.3 is 5.32 Å². The van der Waals surface area contributed by atoms with Gasteiger partial charge in [-0.3, -0.25) is 4.72 Å². The zero-order valence-corrected chi connectivity index (χ0v) is 14.4. The third-order valence-electron chi connectivity index (χ3n) is 2.70. The average molecular weight is 393 g/mol. The number of anilines is 1. The minimum atomic E-state index is -3.68. The molecule has 0 fully saturated rings. The predicted molar refractivity (Wildman–Crippen MR) is 86.9 cm³/mol. The third-order valence-corrected chi connectivity index (χ3v) is 6.36. The third kappa shape index (κ3) is 4.26. The quantitative estimate of drug-likeness (QED) is 0.793. The molecule has 4 nitrogen and oxygen atoms in total. The van der Waals surface area contributed by atoms with E-state index < -0.39 is 15.8 Å². The van der Waals surface area contributed by atoms with Crippen LogP contribution in [-0.2, 0) is 16.4 Å². The maximum Gasteiger partial charge on any atom is 0.271 e. The van der Waals surface area contributed by atoms with E-state index in [1.165, 1.54) is 23.5 Å². The van der Waals surface area contributed by atoms with Crippen LogP contribution in [0.2, 0.25) is 0 Å². The topological polar surface area (TPSA) is 58.2 Å². The lowest BCUT2D eigenvalue weighted by Gasteiger charge is -2.06. The molecule has 0 saturated carbocycles. The van der Waals surface area contributed by atoms with Gasteiger partial charge in [0.25, 0.3) is 10.0 Å². The Hall–Kier alpha value is -0.960. The molecule has 2 rings (SSSR count). The summed E-state index contributed by atoms with van der Waals surface area (Å²) in [4.78, 5) is 0.978.